The third kappa shape index (κ3) is 4.18. The van der Waals surface area contributed by atoms with Gasteiger partial charge in [0.05, 0.1) is 6.04 Å². The second kappa shape index (κ2) is 7.66. The summed E-state index contributed by atoms with van der Waals surface area (Å²) in [7, 11) is 0. The van der Waals surface area contributed by atoms with Crippen molar-refractivity contribution in [3.8, 4) is 0 Å². The van der Waals surface area contributed by atoms with Gasteiger partial charge in [0.25, 0.3) is 5.91 Å². The lowest BCUT2D eigenvalue weighted by Crippen LogP contribution is -2.31. The molecule has 2 atom stereocenters. The topological polar surface area (TPSA) is 78.4 Å². The Labute approximate surface area is 161 Å². The van der Waals surface area contributed by atoms with Crippen LogP contribution in [0.4, 0.5) is 5.69 Å². The first kappa shape index (κ1) is 18.7. The molecule has 3 N–H and O–H groups in total. The van der Waals surface area contributed by atoms with Crippen molar-refractivity contribution in [3.63, 3.8) is 0 Å². The zero-order valence-corrected chi connectivity index (χ0v) is 15.6. The van der Waals surface area contributed by atoms with E-state index >= 15 is 0 Å². The van der Waals surface area contributed by atoms with Gasteiger partial charge in [0, 0.05) is 22.2 Å². The number of halogens is 2. The molecule has 26 heavy (non-hydrogen) atoms. The number of aliphatic hydroxyl groups excluding tert-OH is 1. The summed E-state index contributed by atoms with van der Waals surface area (Å²) in [6.07, 6.45) is -0.254. The predicted octanol–water partition coefficient (Wildman–Crippen LogP) is 3.79. The minimum absolute atomic E-state index is 0.00917. The van der Waals surface area contributed by atoms with Gasteiger partial charge in [0.15, 0.2) is 6.10 Å². The number of benzene rings is 2. The molecule has 0 aromatic heterocycles. The van der Waals surface area contributed by atoms with Crippen molar-refractivity contribution in [1.29, 1.82) is 0 Å². The zero-order chi connectivity index (χ0) is 18.8. The highest BCUT2D eigenvalue weighted by Crippen LogP contribution is 2.27. The van der Waals surface area contributed by atoms with Crippen molar-refractivity contribution >= 4 is 40.7 Å². The number of aliphatic hydroxyl groups is 1. The Hall–Kier alpha value is -2.08. The lowest BCUT2D eigenvalue weighted by atomic mass is 9.97. The number of amides is 2. The highest BCUT2D eigenvalue weighted by atomic mass is 35.5. The van der Waals surface area contributed by atoms with Crippen LogP contribution >= 0.6 is 23.2 Å². The maximum absolute atomic E-state index is 12.4. The van der Waals surface area contributed by atoms with Gasteiger partial charge in [0.2, 0.25) is 5.91 Å². The van der Waals surface area contributed by atoms with Gasteiger partial charge in [-0.05, 0) is 54.3 Å². The molecule has 2 amide bonds. The lowest BCUT2D eigenvalue weighted by Gasteiger charge is -2.21. The van der Waals surface area contributed by atoms with Crippen molar-refractivity contribution in [1.82, 2.24) is 5.32 Å². The first-order valence-corrected chi connectivity index (χ1v) is 8.96. The summed E-state index contributed by atoms with van der Waals surface area (Å²) >= 11 is 11.8. The number of nitrogens with one attached hydrogen (secondary N) is 2. The molecular formula is C19H18Cl2N2O3. The number of rotatable bonds is 4. The van der Waals surface area contributed by atoms with Crippen LogP contribution in [0.2, 0.25) is 10.0 Å². The van der Waals surface area contributed by atoms with E-state index in [0.29, 0.717) is 28.5 Å². The molecule has 2 aromatic carbocycles. The van der Waals surface area contributed by atoms with Crippen molar-refractivity contribution in [2.24, 2.45) is 0 Å². The zero-order valence-electron chi connectivity index (χ0n) is 14.1. The van der Waals surface area contributed by atoms with E-state index in [1.165, 1.54) is 18.2 Å². The monoisotopic (exact) mass is 392 g/mol. The Bertz CT molecular complexity index is 850. The van der Waals surface area contributed by atoms with Gasteiger partial charge in [-0.1, -0.05) is 35.3 Å². The average molecular weight is 393 g/mol. The molecule has 3 rings (SSSR count). The molecule has 1 heterocycles. The van der Waals surface area contributed by atoms with E-state index in [1.807, 2.05) is 25.1 Å². The van der Waals surface area contributed by atoms with Gasteiger partial charge in [-0.25, -0.2) is 0 Å². The number of hydrogen-bond donors (Lipinski definition) is 3. The van der Waals surface area contributed by atoms with Gasteiger partial charge in [-0.2, -0.15) is 0 Å². The molecule has 0 bridgehead atoms. The fourth-order valence-corrected chi connectivity index (χ4v) is 3.48. The van der Waals surface area contributed by atoms with Crippen molar-refractivity contribution in [2.45, 2.75) is 31.9 Å². The second-order valence-corrected chi connectivity index (χ2v) is 7.17. The summed E-state index contributed by atoms with van der Waals surface area (Å²) in [5.74, 6) is -0.531. The van der Waals surface area contributed by atoms with Crippen LogP contribution in [0, 0.1) is 0 Å². The molecule has 0 fully saturated rings. The van der Waals surface area contributed by atoms with Crippen molar-refractivity contribution in [3.05, 3.63) is 63.1 Å². The first-order chi connectivity index (χ1) is 12.3. The molecular weight excluding hydrogens is 375 g/mol. The molecule has 2 aromatic rings. The predicted molar refractivity (Wildman–Crippen MR) is 101 cm³/mol. The lowest BCUT2D eigenvalue weighted by molar-refractivity contribution is -0.130. The summed E-state index contributed by atoms with van der Waals surface area (Å²) in [6.45, 7) is 1.83. The van der Waals surface area contributed by atoms with E-state index in [2.05, 4.69) is 10.6 Å². The summed E-state index contributed by atoms with van der Waals surface area (Å²) in [5.41, 5.74) is 3.06. The number of anilines is 1. The standard InChI is InChI=1S/C19H18Cl2N2O3/c1-10(11-2-4-16-12(6-11)3-5-17(24)23-16)22-19(26)18(25)13-7-14(20)9-15(21)8-13/h2,4,6-10,18,25H,3,5H2,1H3,(H,22,26)(H,23,24). The quantitative estimate of drug-likeness (QED) is 0.740. The van der Waals surface area contributed by atoms with Crippen LogP contribution in [0.5, 0.6) is 0 Å². The summed E-state index contributed by atoms with van der Waals surface area (Å²) in [5, 5.41) is 16.6. The second-order valence-electron chi connectivity index (χ2n) is 6.30. The van der Waals surface area contributed by atoms with Crippen LogP contribution in [0.15, 0.2) is 36.4 Å². The molecule has 0 spiro atoms. The minimum Gasteiger partial charge on any atom is -0.378 e. The molecule has 1 aliphatic rings. The molecule has 1 aliphatic heterocycles. The Balaban J connectivity index is 1.72. The van der Waals surface area contributed by atoms with Crippen LogP contribution < -0.4 is 10.6 Å². The Morgan fingerprint density at radius 3 is 2.50 bits per heavy atom. The molecule has 0 saturated heterocycles. The third-order valence-corrected chi connectivity index (χ3v) is 4.77. The average Bonchev–Trinajstić information content (AvgIpc) is 2.59. The maximum Gasteiger partial charge on any atom is 0.253 e. The first-order valence-electron chi connectivity index (χ1n) is 8.20. The van der Waals surface area contributed by atoms with E-state index < -0.39 is 12.0 Å². The van der Waals surface area contributed by atoms with E-state index in [9.17, 15) is 14.7 Å². The van der Waals surface area contributed by atoms with E-state index in [-0.39, 0.29) is 11.9 Å². The van der Waals surface area contributed by atoms with Crippen molar-refractivity contribution < 1.29 is 14.7 Å². The number of carbonyl (C=O) groups excluding carboxylic acids is 2. The van der Waals surface area contributed by atoms with E-state index in [4.69, 9.17) is 23.2 Å². The van der Waals surface area contributed by atoms with Crippen molar-refractivity contribution in [2.75, 3.05) is 5.32 Å². The number of aryl methyl sites for hydroxylation is 1. The number of hydrogen-bond acceptors (Lipinski definition) is 3. The largest absolute Gasteiger partial charge is 0.378 e. The summed E-state index contributed by atoms with van der Waals surface area (Å²) < 4.78 is 0. The number of fused-ring (bicyclic) bond motifs is 1. The molecule has 0 radical (unpaired) electrons. The van der Waals surface area contributed by atoms with Gasteiger partial charge < -0.3 is 15.7 Å². The Morgan fingerprint density at radius 2 is 1.81 bits per heavy atom. The normalized spacial score (nSPS) is 15.6. The SMILES string of the molecule is CC(NC(=O)C(O)c1cc(Cl)cc(Cl)c1)c1ccc2c(c1)CCC(=O)N2. The summed E-state index contributed by atoms with van der Waals surface area (Å²) in [4.78, 5) is 23.8. The van der Waals surface area contributed by atoms with E-state index in [1.54, 1.807) is 0 Å². The van der Waals surface area contributed by atoms with Gasteiger partial charge in [0.1, 0.15) is 0 Å². The third-order valence-electron chi connectivity index (χ3n) is 4.33. The van der Waals surface area contributed by atoms with Crippen LogP contribution in [-0.2, 0) is 16.0 Å². The van der Waals surface area contributed by atoms with Crippen LogP contribution in [0.25, 0.3) is 0 Å². The minimum atomic E-state index is -1.37. The van der Waals surface area contributed by atoms with Crippen LogP contribution in [-0.4, -0.2) is 16.9 Å². The highest BCUT2D eigenvalue weighted by Gasteiger charge is 2.22. The number of carbonyl (C=O) groups is 2. The summed E-state index contributed by atoms with van der Waals surface area (Å²) in [6, 6.07) is 9.87. The molecule has 0 aliphatic carbocycles. The Kier molecular flexibility index (Phi) is 5.51. The smallest absolute Gasteiger partial charge is 0.253 e. The molecule has 5 nitrogen and oxygen atoms in total. The fraction of sp³-hybridized carbons (Fsp3) is 0.263. The fourth-order valence-electron chi connectivity index (χ4n) is 2.93. The molecule has 2 unspecified atom stereocenters. The molecule has 7 heteroatoms. The van der Waals surface area contributed by atoms with Gasteiger partial charge in [-0.3, -0.25) is 9.59 Å². The van der Waals surface area contributed by atoms with E-state index in [0.717, 1.165) is 16.8 Å². The Morgan fingerprint density at radius 1 is 1.12 bits per heavy atom. The highest BCUT2D eigenvalue weighted by molar-refractivity contribution is 6.34. The van der Waals surface area contributed by atoms with Crippen LogP contribution in [0.1, 0.15) is 42.2 Å². The van der Waals surface area contributed by atoms with Crippen LogP contribution in [0.3, 0.4) is 0 Å². The van der Waals surface area contributed by atoms with Gasteiger partial charge in [-0.15, -0.1) is 0 Å². The molecule has 136 valence electrons. The maximum atomic E-state index is 12.4. The molecule has 0 saturated carbocycles. The van der Waals surface area contributed by atoms with Gasteiger partial charge >= 0.3 is 0 Å².